The molecule has 0 aliphatic carbocycles. The average Bonchev–Trinajstić information content (AvgIpc) is 2.43. The molecule has 0 saturated carbocycles. The van der Waals surface area contributed by atoms with Crippen LogP contribution < -0.4 is 10.2 Å². The average molecular weight is 248 g/mol. The second-order valence-corrected chi connectivity index (χ2v) is 4.48. The van der Waals surface area contributed by atoms with Crippen molar-refractivity contribution in [1.82, 2.24) is 5.32 Å². The molecular weight excluding hydrogens is 228 g/mol. The Bertz CT molecular complexity index is 420. The van der Waals surface area contributed by atoms with Crippen LogP contribution >= 0.6 is 0 Å². The molecule has 1 aliphatic rings. The number of carbonyl (C=O) groups is 1. The standard InChI is InChI=1S/C14H20N2O2/c1-3-9-15-12-8-10-16(14(17)18-2)13-7-5-4-6-11(12)13/h4-7,12,15H,3,8-10H2,1-2H3. The Morgan fingerprint density at radius 3 is 3.00 bits per heavy atom. The van der Waals surface area contributed by atoms with Gasteiger partial charge in [0.15, 0.2) is 0 Å². The molecule has 2 rings (SSSR count). The van der Waals surface area contributed by atoms with E-state index in [0.29, 0.717) is 12.6 Å². The normalized spacial score (nSPS) is 18.3. The molecule has 1 atom stereocenters. The molecule has 0 aromatic heterocycles. The highest BCUT2D eigenvalue weighted by molar-refractivity contribution is 5.89. The minimum atomic E-state index is -0.281. The third-order valence-electron chi connectivity index (χ3n) is 3.28. The van der Waals surface area contributed by atoms with Crippen molar-refractivity contribution < 1.29 is 9.53 Å². The Kier molecular flexibility index (Phi) is 4.20. The quantitative estimate of drug-likeness (QED) is 0.894. The topological polar surface area (TPSA) is 41.6 Å². The summed E-state index contributed by atoms with van der Waals surface area (Å²) in [6.07, 6.45) is 1.75. The van der Waals surface area contributed by atoms with E-state index in [1.165, 1.54) is 12.7 Å². The lowest BCUT2D eigenvalue weighted by Crippen LogP contribution is -2.39. The predicted molar refractivity (Wildman–Crippen MR) is 71.8 cm³/mol. The Balaban J connectivity index is 2.25. The van der Waals surface area contributed by atoms with Crippen molar-refractivity contribution in [2.45, 2.75) is 25.8 Å². The zero-order chi connectivity index (χ0) is 13.0. The van der Waals surface area contributed by atoms with E-state index >= 15 is 0 Å². The van der Waals surface area contributed by atoms with Crippen molar-refractivity contribution in [3.63, 3.8) is 0 Å². The summed E-state index contributed by atoms with van der Waals surface area (Å²) in [7, 11) is 1.42. The highest BCUT2D eigenvalue weighted by Gasteiger charge is 2.28. The molecule has 0 radical (unpaired) electrons. The second-order valence-electron chi connectivity index (χ2n) is 4.48. The number of ether oxygens (including phenoxy) is 1. The van der Waals surface area contributed by atoms with Gasteiger partial charge in [0.2, 0.25) is 0 Å². The molecule has 1 unspecified atom stereocenters. The number of rotatable bonds is 3. The molecule has 1 aromatic carbocycles. The van der Waals surface area contributed by atoms with Gasteiger partial charge in [0.25, 0.3) is 0 Å². The van der Waals surface area contributed by atoms with E-state index in [2.05, 4.69) is 18.3 Å². The Morgan fingerprint density at radius 1 is 1.50 bits per heavy atom. The number of nitrogens with one attached hydrogen (secondary N) is 1. The maximum absolute atomic E-state index is 11.7. The van der Waals surface area contributed by atoms with Crippen LogP contribution in [0.4, 0.5) is 10.5 Å². The van der Waals surface area contributed by atoms with Gasteiger partial charge in [0.05, 0.1) is 12.8 Å². The third kappa shape index (κ3) is 2.48. The Morgan fingerprint density at radius 2 is 2.28 bits per heavy atom. The molecule has 1 heterocycles. The van der Waals surface area contributed by atoms with E-state index in [9.17, 15) is 4.79 Å². The number of methoxy groups -OCH3 is 1. The number of hydrogen-bond donors (Lipinski definition) is 1. The second kappa shape index (κ2) is 5.87. The van der Waals surface area contributed by atoms with Crippen molar-refractivity contribution in [3.05, 3.63) is 29.8 Å². The summed E-state index contributed by atoms with van der Waals surface area (Å²) >= 11 is 0. The molecule has 1 amide bonds. The number of carbonyl (C=O) groups excluding carboxylic acids is 1. The number of hydrogen-bond acceptors (Lipinski definition) is 3. The molecule has 0 saturated heterocycles. The molecule has 1 aromatic rings. The van der Waals surface area contributed by atoms with Gasteiger partial charge in [-0.1, -0.05) is 25.1 Å². The van der Waals surface area contributed by atoms with Crippen molar-refractivity contribution in [2.75, 3.05) is 25.1 Å². The van der Waals surface area contributed by atoms with Crippen LogP contribution in [0.25, 0.3) is 0 Å². The molecule has 1 aliphatic heterocycles. The van der Waals surface area contributed by atoms with E-state index < -0.39 is 0 Å². The van der Waals surface area contributed by atoms with Crippen molar-refractivity contribution >= 4 is 11.8 Å². The first-order chi connectivity index (χ1) is 8.77. The molecule has 4 heteroatoms. The lowest BCUT2D eigenvalue weighted by Gasteiger charge is -2.33. The molecule has 0 fully saturated rings. The molecule has 4 nitrogen and oxygen atoms in total. The number of amides is 1. The number of benzene rings is 1. The zero-order valence-corrected chi connectivity index (χ0v) is 11.0. The number of nitrogens with zero attached hydrogens (tertiary/aromatic N) is 1. The first-order valence-electron chi connectivity index (χ1n) is 6.45. The van der Waals surface area contributed by atoms with Crippen LogP contribution in [-0.2, 0) is 4.74 Å². The van der Waals surface area contributed by atoms with Crippen LogP contribution in [-0.4, -0.2) is 26.3 Å². The summed E-state index contributed by atoms with van der Waals surface area (Å²) in [5.41, 5.74) is 2.15. The van der Waals surface area contributed by atoms with Crippen LogP contribution in [0.2, 0.25) is 0 Å². The predicted octanol–water partition coefficient (Wildman–Crippen LogP) is 2.70. The van der Waals surface area contributed by atoms with E-state index in [-0.39, 0.29) is 6.09 Å². The highest BCUT2D eigenvalue weighted by atomic mass is 16.5. The van der Waals surface area contributed by atoms with Crippen LogP contribution in [0.1, 0.15) is 31.4 Å². The van der Waals surface area contributed by atoms with Gasteiger partial charge in [0.1, 0.15) is 0 Å². The van der Waals surface area contributed by atoms with Gasteiger partial charge < -0.3 is 10.1 Å². The maximum Gasteiger partial charge on any atom is 0.414 e. The number of anilines is 1. The van der Waals surface area contributed by atoms with Crippen molar-refractivity contribution in [1.29, 1.82) is 0 Å². The fourth-order valence-electron chi connectivity index (χ4n) is 2.39. The van der Waals surface area contributed by atoms with Crippen LogP contribution in [0, 0.1) is 0 Å². The van der Waals surface area contributed by atoms with Gasteiger partial charge >= 0.3 is 6.09 Å². The van der Waals surface area contributed by atoms with Crippen LogP contribution in [0.5, 0.6) is 0 Å². The van der Waals surface area contributed by atoms with E-state index in [1.807, 2.05) is 18.2 Å². The van der Waals surface area contributed by atoms with Crippen LogP contribution in [0.3, 0.4) is 0 Å². The Hall–Kier alpha value is -1.55. The van der Waals surface area contributed by atoms with E-state index in [1.54, 1.807) is 4.90 Å². The summed E-state index contributed by atoms with van der Waals surface area (Å²) in [5, 5.41) is 3.53. The summed E-state index contributed by atoms with van der Waals surface area (Å²) in [4.78, 5) is 13.4. The molecule has 0 bridgehead atoms. The van der Waals surface area contributed by atoms with Gasteiger partial charge in [-0.05, 0) is 31.0 Å². The zero-order valence-electron chi connectivity index (χ0n) is 11.0. The summed E-state index contributed by atoms with van der Waals surface area (Å²) < 4.78 is 4.83. The first-order valence-corrected chi connectivity index (χ1v) is 6.45. The number of para-hydroxylation sites is 1. The number of fused-ring (bicyclic) bond motifs is 1. The molecule has 1 N–H and O–H groups in total. The van der Waals surface area contributed by atoms with E-state index in [0.717, 1.165) is 25.1 Å². The SMILES string of the molecule is CCCNC1CCN(C(=O)OC)c2ccccc21. The van der Waals surface area contributed by atoms with Gasteiger partial charge in [-0.15, -0.1) is 0 Å². The largest absolute Gasteiger partial charge is 0.452 e. The summed E-state index contributed by atoms with van der Waals surface area (Å²) in [5.74, 6) is 0. The molecule has 18 heavy (non-hydrogen) atoms. The van der Waals surface area contributed by atoms with E-state index in [4.69, 9.17) is 4.74 Å². The van der Waals surface area contributed by atoms with Gasteiger partial charge in [-0.2, -0.15) is 0 Å². The minimum absolute atomic E-state index is 0.281. The maximum atomic E-state index is 11.7. The summed E-state index contributed by atoms with van der Waals surface area (Å²) in [6.45, 7) is 3.85. The van der Waals surface area contributed by atoms with Crippen molar-refractivity contribution in [3.8, 4) is 0 Å². The fourth-order valence-corrected chi connectivity index (χ4v) is 2.39. The lowest BCUT2D eigenvalue weighted by molar-refractivity contribution is 0.177. The molecule has 0 spiro atoms. The van der Waals surface area contributed by atoms with Gasteiger partial charge in [-0.25, -0.2) is 4.79 Å². The summed E-state index contributed by atoms with van der Waals surface area (Å²) in [6, 6.07) is 8.36. The smallest absolute Gasteiger partial charge is 0.414 e. The molecular formula is C14H20N2O2. The van der Waals surface area contributed by atoms with Crippen molar-refractivity contribution in [2.24, 2.45) is 0 Å². The lowest BCUT2D eigenvalue weighted by atomic mass is 9.96. The van der Waals surface area contributed by atoms with Gasteiger partial charge in [-0.3, -0.25) is 4.90 Å². The minimum Gasteiger partial charge on any atom is -0.452 e. The first kappa shape index (κ1) is 12.9. The molecule has 98 valence electrons. The van der Waals surface area contributed by atoms with Crippen LogP contribution in [0.15, 0.2) is 24.3 Å². The monoisotopic (exact) mass is 248 g/mol. The third-order valence-corrected chi connectivity index (χ3v) is 3.28. The highest BCUT2D eigenvalue weighted by Crippen LogP contribution is 2.33. The van der Waals surface area contributed by atoms with Gasteiger partial charge in [0, 0.05) is 12.6 Å². The Labute approximate surface area is 108 Å². The fraction of sp³-hybridized carbons (Fsp3) is 0.500.